The molecule has 0 heterocycles. The van der Waals surface area contributed by atoms with Crippen LogP contribution in [0.25, 0.3) is 0 Å². The summed E-state index contributed by atoms with van der Waals surface area (Å²) in [5.41, 5.74) is 4.71. The minimum Gasteiger partial charge on any atom is -0.448 e. The van der Waals surface area contributed by atoms with E-state index in [1.54, 1.807) is 6.92 Å². The van der Waals surface area contributed by atoms with E-state index in [2.05, 4.69) is 10.1 Å². The van der Waals surface area contributed by atoms with Gasteiger partial charge in [0.05, 0.1) is 5.75 Å². The van der Waals surface area contributed by atoms with Crippen LogP contribution in [0.3, 0.4) is 0 Å². The lowest BCUT2D eigenvalue weighted by Gasteiger charge is -2.04. The molecule has 0 aliphatic heterocycles. The summed E-state index contributed by atoms with van der Waals surface area (Å²) < 4.78 is 26.4. The zero-order chi connectivity index (χ0) is 11.0. The van der Waals surface area contributed by atoms with Crippen molar-refractivity contribution in [3.05, 3.63) is 0 Å². The third kappa shape index (κ3) is 7.81. The number of rotatable bonds is 7. The number of sulfone groups is 1. The van der Waals surface area contributed by atoms with Crippen molar-refractivity contribution < 1.29 is 17.9 Å². The van der Waals surface area contributed by atoms with Crippen LogP contribution in [-0.4, -0.2) is 45.7 Å². The van der Waals surface area contributed by atoms with Gasteiger partial charge in [0.2, 0.25) is 0 Å². The van der Waals surface area contributed by atoms with Gasteiger partial charge >= 0.3 is 6.09 Å². The topological polar surface area (TPSA) is 98.5 Å². The van der Waals surface area contributed by atoms with Crippen molar-refractivity contribution in [1.82, 2.24) is 5.32 Å². The van der Waals surface area contributed by atoms with Crippen LogP contribution in [0.2, 0.25) is 0 Å². The molecule has 6 nitrogen and oxygen atoms in total. The maximum atomic E-state index is 11.0. The van der Waals surface area contributed by atoms with Crippen molar-refractivity contribution >= 4 is 15.9 Å². The molecule has 7 heteroatoms. The van der Waals surface area contributed by atoms with Crippen molar-refractivity contribution in [3.8, 4) is 0 Å². The van der Waals surface area contributed by atoms with Gasteiger partial charge < -0.3 is 15.8 Å². The first kappa shape index (κ1) is 13.2. The van der Waals surface area contributed by atoms with Gasteiger partial charge in [0, 0.05) is 18.8 Å². The summed E-state index contributed by atoms with van der Waals surface area (Å²) in [4.78, 5) is 10.1. The summed E-state index contributed by atoms with van der Waals surface area (Å²) in [6.45, 7) is 2.52. The fraction of sp³-hybridized carbons (Fsp3) is 0.857. The van der Waals surface area contributed by atoms with Crippen LogP contribution in [0, 0.1) is 0 Å². The van der Waals surface area contributed by atoms with Gasteiger partial charge in [0.15, 0.2) is 9.84 Å². The summed E-state index contributed by atoms with van der Waals surface area (Å²) in [5.74, 6) is 0.243. The van der Waals surface area contributed by atoms with Gasteiger partial charge in [-0.2, -0.15) is 0 Å². The highest BCUT2D eigenvalue weighted by Gasteiger charge is 2.05. The Morgan fingerprint density at radius 3 is 2.57 bits per heavy atom. The zero-order valence-electron chi connectivity index (χ0n) is 8.15. The fourth-order valence-electron chi connectivity index (χ4n) is 0.721. The summed E-state index contributed by atoms with van der Waals surface area (Å²) in [5, 5.41) is 2.82. The molecule has 3 N–H and O–H groups in total. The Bertz CT molecular complexity index is 263. The second kappa shape index (κ2) is 6.61. The average Bonchev–Trinajstić information content (AvgIpc) is 2.10. The molecule has 14 heavy (non-hydrogen) atoms. The van der Waals surface area contributed by atoms with E-state index < -0.39 is 15.9 Å². The molecule has 0 aliphatic rings. The van der Waals surface area contributed by atoms with Crippen molar-refractivity contribution in [2.24, 2.45) is 5.73 Å². The number of hydrogen-bond donors (Lipinski definition) is 2. The van der Waals surface area contributed by atoms with E-state index in [1.165, 1.54) is 0 Å². The van der Waals surface area contributed by atoms with Crippen molar-refractivity contribution in [3.63, 3.8) is 0 Å². The van der Waals surface area contributed by atoms with E-state index >= 15 is 0 Å². The Hall–Kier alpha value is -0.820. The molecule has 0 atom stereocenters. The van der Waals surface area contributed by atoms with Crippen molar-refractivity contribution in [1.29, 1.82) is 0 Å². The van der Waals surface area contributed by atoms with Crippen LogP contribution < -0.4 is 11.1 Å². The number of carbonyl (C=O) groups excluding carboxylic acids is 1. The predicted molar refractivity (Wildman–Crippen MR) is 52.7 cm³/mol. The second-order valence-corrected chi connectivity index (χ2v) is 5.13. The van der Waals surface area contributed by atoms with E-state index in [0.29, 0.717) is 13.1 Å². The third-order valence-corrected chi connectivity index (χ3v) is 3.26. The molecule has 0 rings (SSSR count). The molecule has 84 valence electrons. The molecule has 0 saturated carbocycles. The molecule has 0 unspecified atom stereocenters. The number of amides is 1. The molecule has 0 aromatic carbocycles. The molecule has 0 aromatic rings. The second-order valence-electron chi connectivity index (χ2n) is 2.65. The lowest BCUT2D eigenvalue weighted by atomic mass is 10.6. The Kier molecular flexibility index (Phi) is 6.22. The maximum absolute atomic E-state index is 11.0. The minimum absolute atomic E-state index is 0.0973. The van der Waals surface area contributed by atoms with E-state index in [4.69, 9.17) is 5.73 Å². The minimum atomic E-state index is -2.92. The van der Waals surface area contributed by atoms with Gasteiger partial charge in [-0.1, -0.05) is 6.92 Å². The fourth-order valence-corrected chi connectivity index (χ4v) is 1.46. The molecule has 0 bridgehead atoms. The van der Waals surface area contributed by atoms with E-state index in [0.717, 1.165) is 0 Å². The molecule has 0 spiro atoms. The third-order valence-electron chi connectivity index (χ3n) is 1.55. The Morgan fingerprint density at radius 2 is 2.07 bits per heavy atom. The SMILES string of the molecule is CCS(=O)(=O)CCNCCOC(N)=O. The number of ether oxygens (including phenoxy) is 1. The van der Waals surface area contributed by atoms with Crippen molar-refractivity contribution in [2.45, 2.75) is 6.92 Å². The normalized spacial score (nSPS) is 11.2. The van der Waals surface area contributed by atoms with Gasteiger partial charge in [0.25, 0.3) is 0 Å². The molecular weight excluding hydrogens is 208 g/mol. The molecule has 1 amide bonds. The Labute approximate surface area is 83.7 Å². The van der Waals surface area contributed by atoms with Crippen LogP contribution in [-0.2, 0) is 14.6 Å². The molecule has 0 radical (unpaired) electrons. The number of nitrogens with two attached hydrogens (primary N) is 1. The highest BCUT2D eigenvalue weighted by molar-refractivity contribution is 7.91. The molecule has 0 aromatic heterocycles. The summed E-state index contributed by atoms with van der Waals surface area (Å²) >= 11 is 0. The predicted octanol–water partition coefficient (Wildman–Crippen LogP) is -0.894. The van der Waals surface area contributed by atoms with Crippen LogP contribution in [0.4, 0.5) is 4.79 Å². The zero-order valence-corrected chi connectivity index (χ0v) is 8.97. The van der Waals surface area contributed by atoms with E-state index in [1.807, 2.05) is 0 Å². The van der Waals surface area contributed by atoms with Gasteiger partial charge in [-0.3, -0.25) is 0 Å². The van der Waals surface area contributed by atoms with Gasteiger partial charge in [-0.05, 0) is 0 Å². The standard InChI is InChI=1S/C7H16N2O4S/c1-2-14(11,12)6-4-9-3-5-13-7(8)10/h9H,2-6H2,1H3,(H2,8,10). The first-order valence-electron chi connectivity index (χ1n) is 4.31. The average molecular weight is 224 g/mol. The monoisotopic (exact) mass is 224 g/mol. The summed E-state index contributed by atoms with van der Waals surface area (Å²) in [6, 6.07) is 0. The number of nitrogens with one attached hydrogen (secondary N) is 1. The molecule has 0 saturated heterocycles. The highest BCUT2D eigenvalue weighted by atomic mass is 32.2. The molecule has 0 aliphatic carbocycles. The first-order valence-corrected chi connectivity index (χ1v) is 6.13. The lowest BCUT2D eigenvalue weighted by molar-refractivity contribution is 0.157. The van der Waals surface area contributed by atoms with Gasteiger partial charge in [-0.15, -0.1) is 0 Å². The Morgan fingerprint density at radius 1 is 1.43 bits per heavy atom. The molecular formula is C7H16N2O4S. The van der Waals surface area contributed by atoms with Gasteiger partial charge in [-0.25, -0.2) is 13.2 Å². The van der Waals surface area contributed by atoms with Crippen molar-refractivity contribution in [2.75, 3.05) is 31.2 Å². The largest absolute Gasteiger partial charge is 0.448 e. The first-order chi connectivity index (χ1) is 6.48. The highest BCUT2D eigenvalue weighted by Crippen LogP contribution is 1.86. The number of primary amides is 1. The van der Waals surface area contributed by atoms with Gasteiger partial charge in [0.1, 0.15) is 6.61 Å². The quantitative estimate of drug-likeness (QED) is 0.546. The molecule has 0 fully saturated rings. The summed E-state index contributed by atoms with van der Waals surface area (Å²) in [6.07, 6.45) is -0.826. The summed E-state index contributed by atoms with van der Waals surface area (Å²) in [7, 11) is -2.92. The number of carbonyl (C=O) groups is 1. The Balaban J connectivity index is 3.35. The maximum Gasteiger partial charge on any atom is 0.404 e. The van der Waals surface area contributed by atoms with Crippen LogP contribution in [0.15, 0.2) is 0 Å². The van der Waals surface area contributed by atoms with E-state index in [-0.39, 0.29) is 18.1 Å². The van der Waals surface area contributed by atoms with Crippen LogP contribution >= 0.6 is 0 Å². The van der Waals surface area contributed by atoms with E-state index in [9.17, 15) is 13.2 Å². The number of hydrogen-bond acceptors (Lipinski definition) is 5. The van der Waals surface area contributed by atoms with Crippen LogP contribution in [0.5, 0.6) is 0 Å². The van der Waals surface area contributed by atoms with Crippen LogP contribution in [0.1, 0.15) is 6.92 Å². The lowest BCUT2D eigenvalue weighted by Crippen LogP contribution is -2.28. The smallest absolute Gasteiger partial charge is 0.404 e.